The molecule has 0 radical (unpaired) electrons. The van der Waals surface area contributed by atoms with E-state index in [4.69, 9.17) is 10.5 Å². The number of halogens is 4. The van der Waals surface area contributed by atoms with E-state index in [0.717, 1.165) is 4.90 Å². The second-order valence-electron chi connectivity index (χ2n) is 8.46. The van der Waals surface area contributed by atoms with Crippen LogP contribution in [0.1, 0.15) is 26.3 Å². The molecule has 30 heavy (non-hydrogen) atoms. The van der Waals surface area contributed by atoms with Crippen molar-refractivity contribution in [1.82, 2.24) is 4.90 Å². The summed E-state index contributed by atoms with van der Waals surface area (Å²) in [5.41, 5.74) is 5.41. The second-order valence-corrected chi connectivity index (χ2v) is 8.46. The molecule has 0 bridgehead atoms. The minimum atomic E-state index is -3.34. The number of hydrogen-bond donors (Lipinski definition) is 1. The van der Waals surface area contributed by atoms with Gasteiger partial charge in [0.15, 0.2) is 0 Å². The van der Waals surface area contributed by atoms with Crippen LogP contribution in [-0.2, 0) is 11.2 Å². The van der Waals surface area contributed by atoms with Gasteiger partial charge in [-0.3, -0.25) is 4.90 Å². The highest BCUT2D eigenvalue weighted by atomic mass is 19.3. The zero-order chi connectivity index (χ0) is 22.3. The highest BCUT2D eigenvalue weighted by Crippen LogP contribution is 2.35. The normalized spacial score (nSPS) is 21.0. The summed E-state index contributed by atoms with van der Waals surface area (Å²) in [6.07, 6.45) is -1.16. The number of nitrogens with zero attached hydrogens (tertiary/aromatic N) is 1. The van der Waals surface area contributed by atoms with E-state index in [1.54, 1.807) is 32.9 Å². The van der Waals surface area contributed by atoms with Crippen molar-refractivity contribution in [2.45, 2.75) is 50.8 Å². The van der Waals surface area contributed by atoms with Crippen LogP contribution in [-0.4, -0.2) is 41.1 Å². The quantitative estimate of drug-likeness (QED) is 0.723. The molecular weight excluding hydrogens is 400 g/mol. The van der Waals surface area contributed by atoms with Gasteiger partial charge in [-0.1, -0.05) is 30.3 Å². The van der Waals surface area contributed by atoms with Crippen molar-refractivity contribution in [3.05, 3.63) is 59.7 Å². The predicted molar refractivity (Wildman–Crippen MR) is 105 cm³/mol. The first-order chi connectivity index (χ1) is 13.9. The van der Waals surface area contributed by atoms with Crippen molar-refractivity contribution in [2.24, 2.45) is 5.73 Å². The summed E-state index contributed by atoms with van der Waals surface area (Å²) >= 11 is 0. The number of ether oxygens (including phenoxy) is 1. The molecule has 1 saturated heterocycles. The van der Waals surface area contributed by atoms with E-state index in [0.29, 0.717) is 5.56 Å². The van der Waals surface area contributed by atoms with Gasteiger partial charge in [0.05, 0.1) is 18.6 Å². The van der Waals surface area contributed by atoms with Gasteiger partial charge in [-0.2, -0.15) is 0 Å². The first kappa shape index (κ1) is 22.1. The number of benzene rings is 2. The smallest absolute Gasteiger partial charge is 0.410 e. The Morgan fingerprint density at radius 2 is 1.87 bits per heavy atom. The molecule has 0 saturated carbocycles. The monoisotopic (exact) mass is 424 g/mol. The standard InChI is InChI=1S/C22H24F4N2O2/c1-21(2,3)30-20(29)28-12-22(25,26)19(27)17(28)11-14-7-5-9-16(18(14)24)13-6-4-8-15(23)10-13/h4-10,17,19H,11-12,27H2,1-3H3/t17-,19?/m1/s1. The van der Waals surface area contributed by atoms with E-state index < -0.39 is 47.9 Å². The van der Waals surface area contributed by atoms with Gasteiger partial charge in [0, 0.05) is 5.56 Å². The number of hydrogen-bond acceptors (Lipinski definition) is 3. The molecule has 1 amide bonds. The lowest BCUT2D eigenvalue weighted by Crippen LogP contribution is -2.48. The van der Waals surface area contributed by atoms with E-state index in [2.05, 4.69) is 0 Å². The molecule has 1 fully saturated rings. The van der Waals surface area contributed by atoms with Crippen LogP contribution in [0.5, 0.6) is 0 Å². The molecule has 1 heterocycles. The molecule has 0 aromatic heterocycles. The van der Waals surface area contributed by atoms with E-state index in [-0.39, 0.29) is 17.5 Å². The maximum Gasteiger partial charge on any atom is 0.410 e. The van der Waals surface area contributed by atoms with Gasteiger partial charge >= 0.3 is 6.09 Å². The van der Waals surface area contributed by atoms with Crippen LogP contribution in [0.4, 0.5) is 22.4 Å². The van der Waals surface area contributed by atoms with Crippen molar-refractivity contribution < 1.29 is 27.1 Å². The van der Waals surface area contributed by atoms with Gasteiger partial charge in [0.2, 0.25) is 0 Å². The molecule has 1 unspecified atom stereocenters. The summed E-state index contributed by atoms with van der Waals surface area (Å²) < 4.78 is 62.6. The number of amides is 1. The first-order valence-corrected chi connectivity index (χ1v) is 9.55. The second kappa shape index (κ2) is 7.91. The molecule has 3 rings (SSSR count). The van der Waals surface area contributed by atoms with Gasteiger partial charge in [0.25, 0.3) is 5.92 Å². The van der Waals surface area contributed by atoms with E-state index >= 15 is 4.39 Å². The molecule has 8 heteroatoms. The molecule has 2 aromatic carbocycles. The first-order valence-electron chi connectivity index (χ1n) is 9.55. The minimum Gasteiger partial charge on any atom is -0.444 e. The third-order valence-corrected chi connectivity index (χ3v) is 4.96. The van der Waals surface area contributed by atoms with Crippen LogP contribution < -0.4 is 5.73 Å². The van der Waals surface area contributed by atoms with Crippen LogP contribution >= 0.6 is 0 Å². The molecule has 162 valence electrons. The fourth-order valence-electron chi connectivity index (χ4n) is 3.52. The lowest BCUT2D eigenvalue weighted by atomic mass is 9.95. The summed E-state index contributed by atoms with van der Waals surface area (Å²) in [5.74, 6) is -4.53. The van der Waals surface area contributed by atoms with Crippen molar-refractivity contribution in [3.8, 4) is 11.1 Å². The number of rotatable bonds is 3. The van der Waals surface area contributed by atoms with E-state index in [9.17, 15) is 18.0 Å². The third-order valence-electron chi connectivity index (χ3n) is 4.96. The molecule has 2 aromatic rings. The van der Waals surface area contributed by atoms with Crippen molar-refractivity contribution in [1.29, 1.82) is 0 Å². The Hall–Kier alpha value is -2.61. The van der Waals surface area contributed by atoms with Crippen LogP contribution in [0.25, 0.3) is 11.1 Å². The van der Waals surface area contributed by atoms with Gasteiger partial charge < -0.3 is 10.5 Å². The number of nitrogens with two attached hydrogens (primary N) is 1. The molecule has 2 N–H and O–H groups in total. The van der Waals surface area contributed by atoms with Gasteiger partial charge in [0.1, 0.15) is 17.2 Å². The van der Waals surface area contributed by atoms with Crippen molar-refractivity contribution in [2.75, 3.05) is 6.54 Å². The highest BCUT2D eigenvalue weighted by Gasteiger charge is 2.55. The van der Waals surface area contributed by atoms with Crippen LogP contribution in [0.15, 0.2) is 42.5 Å². The van der Waals surface area contributed by atoms with Crippen LogP contribution in [0.3, 0.4) is 0 Å². The largest absolute Gasteiger partial charge is 0.444 e. The zero-order valence-corrected chi connectivity index (χ0v) is 17.0. The van der Waals surface area contributed by atoms with Gasteiger partial charge in [-0.05, 0) is 50.5 Å². The maximum atomic E-state index is 15.2. The summed E-state index contributed by atoms with van der Waals surface area (Å²) in [6.45, 7) is 3.96. The minimum absolute atomic E-state index is 0.100. The molecule has 1 aliphatic rings. The molecule has 4 nitrogen and oxygen atoms in total. The van der Waals surface area contributed by atoms with E-state index in [1.165, 1.54) is 30.3 Å². The van der Waals surface area contributed by atoms with Crippen molar-refractivity contribution in [3.63, 3.8) is 0 Å². The van der Waals surface area contributed by atoms with Crippen LogP contribution in [0, 0.1) is 11.6 Å². The lowest BCUT2D eigenvalue weighted by molar-refractivity contribution is -0.00942. The Kier molecular flexibility index (Phi) is 5.82. The SMILES string of the molecule is CC(C)(C)OC(=O)N1CC(F)(F)C(N)[C@H]1Cc1cccc(-c2cccc(F)c2)c1F. The third kappa shape index (κ3) is 4.59. The fourth-order valence-corrected chi connectivity index (χ4v) is 3.52. The highest BCUT2D eigenvalue weighted by molar-refractivity contribution is 5.70. The average Bonchev–Trinajstić information content (AvgIpc) is 2.86. The number of carbonyl (C=O) groups excluding carboxylic acids is 1. The molecule has 2 atom stereocenters. The number of carbonyl (C=O) groups is 1. The molecular formula is C22H24F4N2O2. The molecule has 0 spiro atoms. The maximum absolute atomic E-state index is 15.2. The summed E-state index contributed by atoms with van der Waals surface area (Å²) in [7, 11) is 0. The Morgan fingerprint density at radius 1 is 1.20 bits per heavy atom. The molecule has 1 aliphatic heterocycles. The summed E-state index contributed by atoms with van der Waals surface area (Å²) in [6, 6.07) is 7.05. The Labute approximate surface area is 172 Å². The zero-order valence-electron chi connectivity index (χ0n) is 17.0. The number of alkyl halides is 2. The van der Waals surface area contributed by atoms with E-state index in [1.807, 2.05) is 0 Å². The molecule has 0 aliphatic carbocycles. The van der Waals surface area contributed by atoms with Gasteiger partial charge in [-0.25, -0.2) is 22.4 Å². The fraction of sp³-hybridized carbons (Fsp3) is 0.409. The summed E-state index contributed by atoms with van der Waals surface area (Å²) in [4.78, 5) is 13.4. The Balaban J connectivity index is 1.93. The predicted octanol–water partition coefficient (Wildman–Crippen LogP) is 4.76. The number of likely N-dealkylation sites (tertiary alicyclic amines) is 1. The van der Waals surface area contributed by atoms with Gasteiger partial charge in [-0.15, -0.1) is 0 Å². The van der Waals surface area contributed by atoms with Crippen LogP contribution in [0.2, 0.25) is 0 Å². The topological polar surface area (TPSA) is 55.6 Å². The Morgan fingerprint density at radius 3 is 2.50 bits per heavy atom. The summed E-state index contributed by atoms with van der Waals surface area (Å²) in [5, 5.41) is 0. The Bertz CT molecular complexity index is 943. The lowest BCUT2D eigenvalue weighted by Gasteiger charge is -2.29. The van der Waals surface area contributed by atoms with Crippen molar-refractivity contribution >= 4 is 6.09 Å². The average molecular weight is 424 g/mol.